The number of hydrogen-bond acceptors (Lipinski definition) is 5. The number of nitrogens with zero attached hydrogens (tertiary/aromatic N) is 4. The molecule has 1 atom stereocenters. The van der Waals surface area contributed by atoms with E-state index in [-0.39, 0.29) is 18.9 Å². The van der Waals surface area contributed by atoms with Gasteiger partial charge in [0.1, 0.15) is 11.6 Å². The van der Waals surface area contributed by atoms with Crippen molar-refractivity contribution in [3.63, 3.8) is 0 Å². The molecule has 0 bridgehead atoms. The highest BCUT2D eigenvalue weighted by atomic mass is 19.2. The minimum absolute atomic E-state index is 0.0817. The van der Waals surface area contributed by atoms with Gasteiger partial charge in [0.2, 0.25) is 5.95 Å². The zero-order chi connectivity index (χ0) is 25.2. The SMILES string of the molecule is COc1ccc(Nc2nc(=O)c3c(ncn3Cc3ccccc3)n2CC2=CC=C(F)C(F)C2)c(C)c1. The molecule has 7 nitrogen and oxygen atoms in total. The summed E-state index contributed by atoms with van der Waals surface area (Å²) in [6.45, 7) is 2.54. The van der Waals surface area contributed by atoms with Crippen LogP contribution in [0.5, 0.6) is 5.75 Å². The number of aromatic nitrogens is 4. The number of hydrogen-bond donors (Lipinski definition) is 1. The second-order valence-corrected chi connectivity index (χ2v) is 8.71. The standard InChI is InChI=1S/C27H25F2N5O2/c1-17-12-20(36-2)9-11-23(17)31-27-32-26(35)24-25(30-16-33(24)14-18-6-4-3-5-7-18)34(27)15-19-8-10-21(28)22(29)13-19/h3-12,16,22H,13-15H2,1-2H3,(H,31,32,35). The van der Waals surface area contributed by atoms with Crippen LogP contribution < -0.4 is 15.6 Å². The lowest BCUT2D eigenvalue weighted by molar-refractivity contribution is 0.317. The topological polar surface area (TPSA) is 74.0 Å². The van der Waals surface area contributed by atoms with E-state index in [4.69, 9.17) is 4.74 Å². The molecule has 0 amide bonds. The maximum absolute atomic E-state index is 14.1. The first-order valence-electron chi connectivity index (χ1n) is 11.5. The van der Waals surface area contributed by atoms with E-state index in [2.05, 4.69) is 15.3 Å². The van der Waals surface area contributed by atoms with E-state index in [0.29, 0.717) is 29.0 Å². The molecule has 4 aromatic rings. The van der Waals surface area contributed by atoms with Crippen LogP contribution >= 0.6 is 0 Å². The molecule has 9 heteroatoms. The summed E-state index contributed by atoms with van der Waals surface area (Å²) < 4.78 is 36.5. The average molecular weight is 490 g/mol. The Morgan fingerprint density at radius 2 is 1.94 bits per heavy atom. The molecule has 2 heterocycles. The van der Waals surface area contributed by atoms with Crippen molar-refractivity contribution in [2.24, 2.45) is 0 Å². The fourth-order valence-corrected chi connectivity index (χ4v) is 4.28. The van der Waals surface area contributed by atoms with Gasteiger partial charge in [-0.3, -0.25) is 9.36 Å². The lowest BCUT2D eigenvalue weighted by Crippen LogP contribution is -2.21. The van der Waals surface area contributed by atoms with Crippen LogP contribution in [0.15, 0.2) is 83.2 Å². The van der Waals surface area contributed by atoms with Crippen LogP contribution in [-0.4, -0.2) is 32.4 Å². The van der Waals surface area contributed by atoms with E-state index < -0.39 is 17.6 Å². The quantitative estimate of drug-likeness (QED) is 0.385. The van der Waals surface area contributed by atoms with Crippen LogP contribution in [0.3, 0.4) is 0 Å². The number of anilines is 2. The van der Waals surface area contributed by atoms with Crippen molar-refractivity contribution >= 4 is 22.8 Å². The predicted octanol–water partition coefficient (Wildman–Crippen LogP) is 5.22. The Hall–Kier alpha value is -4.27. The van der Waals surface area contributed by atoms with Gasteiger partial charge < -0.3 is 14.6 Å². The fraction of sp³-hybridized carbons (Fsp3) is 0.222. The van der Waals surface area contributed by atoms with Gasteiger partial charge in [-0.1, -0.05) is 36.4 Å². The van der Waals surface area contributed by atoms with Gasteiger partial charge in [-0.05, 0) is 47.9 Å². The van der Waals surface area contributed by atoms with Crippen LogP contribution in [0, 0.1) is 6.92 Å². The zero-order valence-corrected chi connectivity index (χ0v) is 19.9. The van der Waals surface area contributed by atoms with Crippen molar-refractivity contribution in [2.45, 2.75) is 32.6 Å². The summed E-state index contributed by atoms with van der Waals surface area (Å²) in [7, 11) is 1.59. The molecule has 1 aliphatic rings. The smallest absolute Gasteiger partial charge is 0.300 e. The molecule has 0 radical (unpaired) electrons. The molecule has 2 aromatic heterocycles. The molecule has 36 heavy (non-hydrogen) atoms. The molecule has 0 saturated carbocycles. The third-order valence-corrected chi connectivity index (χ3v) is 6.20. The van der Waals surface area contributed by atoms with Crippen LogP contribution in [0.2, 0.25) is 0 Å². The number of fused-ring (bicyclic) bond motifs is 1. The molecular formula is C27H25F2N5O2. The van der Waals surface area contributed by atoms with E-state index in [1.165, 1.54) is 0 Å². The largest absolute Gasteiger partial charge is 0.497 e. The number of alkyl halides is 1. The van der Waals surface area contributed by atoms with Gasteiger partial charge in [0.25, 0.3) is 0 Å². The zero-order valence-electron chi connectivity index (χ0n) is 19.9. The lowest BCUT2D eigenvalue weighted by atomic mass is 10.0. The Labute approximate surface area is 206 Å². The summed E-state index contributed by atoms with van der Waals surface area (Å²) >= 11 is 0. The van der Waals surface area contributed by atoms with Crippen LogP contribution in [0.1, 0.15) is 17.5 Å². The van der Waals surface area contributed by atoms with E-state index in [1.807, 2.05) is 49.4 Å². The molecule has 5 rings (SSSR count). The van der Waals surface area contributed by atoms with Gasteiger partial charge in [-0.15, -0.1) is 0 Å². The van der Waals surface area contributed by atoms with E-state index in [9.17, 15) is 13.6 Å². The number of methoxy groups -OCH3 is 1. The van der Waals surface area contributed by atoms with Gasteiger partial charge in [0, 0.05) is 25.2 Å². The van der Waals surface area contributed by atoms with E-state index >= 15 is 0 Å². The third kappa shape index (κ3) is 4.64. The van der Waals surface area contributed by atoms with E-state index in [1.54, 1.807) is 34.7 Å². The first-order chi connectivity index (χ1) is 17.4. The first kappa shape index (κ1) is 23.5. The Morgan fingerprint density at radius 3 is 2.67 bits per heavy atom. The number of imidazole rings is 1. The maximum atomic E-state index is 14.1. The second-order valence-electron chi connectivity index (χ2n) is 8.71. The normalized spacial score (nSPS) is 15.5. The highest BCUT2D eigenvalue weighted by Gasteiger charge is 2.22. The molecule has 0 fully saturated rings. The van der Waals surface area contributed by atoms with Gasteiger partial charge in [-0.25, -0.2) is 13.8 Å². The number of allylic oxidation sites excluding steroid dienone is 4. The number of benzene rings is 2. The van der Waals surface area contributed by atoms with Crippen molar-refractivity contribution in [2.75, 3.05) is 12.4 Å². The minimum Gasteiger partial charge on any atom is -0.497 e. The van der Waals surface area contributed by atoms with Gasteiger partial charge >= 0.3 is 5.56 Å². The Kier molecular flexibility index (Phi) is 6.37. The Morgan fingerprint density at radius 1 is 1.14 bits per heavy atom. The summed E-state index contributed by atoms with van der Waals surface area (Å²) in [6, 6.07) is 15.2. The summed E-state index contributed by atoms with van der Waals surface area (Å²) in [5.41, 5.74) is 3.59. The van der Waals surface area contributed by atoms with Crippen molar-refractivity contribution in [3.05, 3.63) is 99.9 Å². The maximum Gasteiger partial charge on any atom is 0.300 e. The molecule has 2 aromatic carbocycles. The molecular weight excluding hydrogens is 464 g/mol. The summed E-state index contributed by atoms with van der Waals surface area (Å²) in [5.74, 6) is 0.173. The molecule has 184 valence electrons. The number of aryl methyl sites for hydroxylation is 1. The van der Waals surface area contributed by atoms with Crippen molar-refractivity contribution < 1.29 is 13.5 Å². The molecule has 1 N–H and O–H groups in total. The van der Waals surface area contributed by atoms with Gasteiger partial charge in [-0.2, -0.15) is 4.98 Å². The fourth-order valence-electron chi connectivity index (χ4n) is 4.28. The summed E-state index contributed by atoms with van der Waals surface area (Å²) in [4.78, 5) is 22.1. The monoisotopic (exact) mass is 489 g/mol. The number of halogens is 2. The van der Waals surface area contributed by atoms with E-state index in [0.717, 1.165) is 22.9 Å². The molecule has 1 aliphatic carbocycles. The molecule has 0 saturated heterocycles. The lowest BCUT2D eigenvalue weighted by Gasteiger charge is -2.20. The molecule has 1 unspecified atom stereocenters. The van der Waals surface area contributed by atoms with Crippen molar-refractivity contribution in [1.29, 1.82) is 0 Å². The number of ether oxygens (including phenoxy) is 1. The van der Waals surface area contributed by atoms with Crippen molar-refractivity contribution in [1.82, 2.24) is 19.1 Å². The minimum atomic E-state index is -1.69. The summed E-state index contributed by atoms with van der Waals surface area (Å²) in [5, 5.41) is 3.23. The first-order valence-corrected chi connectivity index (χ1v) is 11.5. The highest BCUT2D eigenvalue weighted by molar-refractivity contribution is 5.74. The number of nitrogens with one attached hydrogen (secondary N) is 1. The Balaban J connectivity index is 1.61. The predicted molar refractivity (Wildman–Crippen MR) is 135 cm³/mol. The Bertz CT molecular complexity index is 1540. The third-order valence-electron chi connectivity index (χ3n) is 6.20. The second kappa shape index (κ2) is 9.77. The number of rotatable bonds is 7. The van der Waals surface area contributed by atoms with Crippen LogP contribution in [-0.2, 0) is 13.1 Å². The highest BCUT2D eigenvalue weighted by Crippen LogP contribution is 2.28. The average Bonchev–Trinajstić information content (AvgIpc) is 3.29. The van der Waals surface area contributed by atoms with Crippen molar-refractivity contribution in [3.8, 4) is 5.75 Å². The van der Waals surface area contributed by atoms with Crippen LogP contribution in [0.25, 0.3) is 11.2 Å². The summed E-state index contributed by atoms with van der Waals surface area (Å²) in [6.07, 6.45) is 2.54. The molecule has 0 aliphatic heterocycles. The van der Waals surface area contributed by atoms with Gasteiger partial charge in [0.05, 0.1) is 13.4 Å². The van der Waals surface area contributed by atoms with Gasteiger partial charge in [0.15, 0.2) is 17.3 Å². The van der Waals surface area contributed by atoms with Crippen LogP contribution in [0.4, 0.5) is 20.4 Å². The molecule has 0 spiro atoms.